The van der Waals surface area contributed by atoms with E-state index in [4.69, 9.17) is 0 Å². The third-order valence-corrected chi connectivity index (χ3v) is 7.10. The number of hydrogen-bond acceptors (Lipinski definition) is 5. The van der Waals surface area contributed by atoms with Gasteiger partial charge < -0.3 is 10.2 Å². The lowest BCUT2D eigenvalue weighted by molar-refractivity contribution is 0.0725. The molecule has 0 bridgehead atoms. The van der Waals surface area contributed by atoms with E-state index < -0.39 is 0 Å². The topological polar surface area (TPSA) is 92.2 Å². The number of thiazole rings is 1. The number of rotatable bonds is 4. The quantitative estimate of drug-likeness (QED) is 0.632. The van der Waals surface area contributed by atoms with Crippen LogP contribution in [0.3, 0.4) is 0 Å². The summed E-state index contributed by atoms with van der Waals surface area (Å²) >= 11 is 1.44. The van der Waals surface area contributed by atoms with Gasteiger partial charge in [-0.2, -0.15) is 5.10 Å². The van der Waals surface area contributed by atoms with Crippen LogP contribution in [0.5, 0.6) is 0 Å². The van der Waals surface area contributed by atoms with E-state index in [9.17, 15) is 9.59 Å². The van der Waals surface area contributed by atoms with Gasteiger partial charge in [-0.3, -0.25) is 14.8 Å². The third kappa shape index (κ3) is 4.25. The Hall–Kier alpha value is -3.20. The molecule has 1 fully saturated rings. The monoisotopic (exact) mass is 450 g/mol. The van der Waals surface area contributed by atoms with E-state index >= 15 is 0 Å². The number of carbonyl (C=O) groups is 2. The van der Waals surface area contributed by atoms with E-state index in [-0.39, 0.29) is 18.0 Å². The highest BCUT2D eigenvalue weighted by atomic mass is 32.1. The third-order valence-electron chi connectivity index (χ3n) is 6.10. The maximum atomic E-state index is 13.2. The molecule has 0 atom stereocenters. The highest BCUT2D eigenvalue weighted by Gasteiger charge is 2.27. The van der Waals surface area contributed by atoms with Gasteiger partial charge in [-0.15, -0.1) is 0 Å². The van der Waals surface area contributed by atoms with Gasteiger partial charge in [0.1, 0.15) is 5.69 Å². The minimum atomic E-state index is -0.195. The van der Waals surface area contributed by atoms with Gasteiger partial charge in [0, 0.05) is 36.5 Å². The number of benzene rings is 1. The summed E-state index contributed by atoms with van der Waals surface area (Å²) in [6.07, 6.45) is 5.10. The van der Waals surface area contributed by atoms with Crippen molar-refractivity contribution in [1.82, 2.24) is 25.0 Å². The molecule has 3 aromatic rings. The summed E-state index contributed by atoms with van der Waals surface area (Å²) in [5.74, 6) is -0.0466. The second-order valence-corrected chi connectivity index (χ2v) is 9.43. The second-order valence-electron chi connectivity index (χ2n) is 8.35. The SMILES string of the molecule is Cn1nc(-c2ccccc2)cc1C(=O)N1CCc2nc(NC(=O)NC3CCCC3)sc2C1. The summed E-state index contributed by atoms with van der Waals surface area (Å²) in [6, 6.07) is 11.8. The molecule has 1 saturated carbocycles. The molecule has 2 aliphatic rings. The van der Waals surface area contributed by atoms with Crippen LogP contribution in [0.4, 0.5) is 9.93 Å². The molecule has 32 heavy (non-hydrogen) atoms. The van der Waals surface area contributed by atoms with Crippen LogP contribution in [-0.4, -0.2) is 44.2 Å². The number of amides is 3. The van der Waals surface area contributed by atoms with Crippen LogP contribution in [0.25, 0.3) is 11.3 Å². The van der Waals surface area contributed by atoms with E-state index in [1.165, 1.54) is 24.2 Å². The smallest absolute Gasteiger partial charge is 0.321 e. The van der Waals surface area contributed by atoms with E-state index in [1.807, 2.05) is 41.3 Å². The average molecular weight is 451 g/mol. The molecule has 1 aromatic carbocycles. The molecule has 3 heterocycles. The molecule has 1 aliphatic carbocycles. The van der Waals surface area contributed by atoms with Crippen LogP contribution in [0, 0.1) is 0 Å². The first-order valence-electron chi connectivity index (χ1n) is 11.0. The highest BCUT2D eigenvalue weighted by Crippen LogP contribution is 2.29. The second kappa shape index (κ2) is 8.74. The number of nitrogens with zero attached hydrogens (tertiary/aromatic N) is 4. The number of carbonyl (C=O) groups excluding carboxylic acids is 2. The molecule has 1 aliphatic heterocycles. The van der Waals surface area contributed by atoms with Crippen LogP contribution in [0.2, 0.25) is 0 Å². The molecule has 166 valence electrons. The zero-order valence-electron chi connectivity index (χ0n) is 18.0. The Morgan fingerprint density at radius 2 is 1.94 bits per heavy atom. The summed E-state index contributed by atoms with van der Waals surface area (Å²) in [6.45, 7) is 1.08. The number of fused-ring (bicyclic) bond motifs is 1. The average Bonchev–Trinajstić information content (AvgIpc) is 3.53. The minimum absolute atomic E-state index is 0.0466. The van der Waals surface area contributed by atoms with Crippen molar-refractivity contribution < 1.29 is 9.59 Å². The first kappa shape index (κ1) is 20.7. The standard InChI is InChI=1S/C23H26N6O2S/c1-28-19(13-18(27-28)15-7-3-2-4-8-15)21(30)29-12-11-17-20(14-29)32-23(25-17)26-22(31)24-16-9-5-6-10-16/h2-4,7-8,13,16H,5-6,9-12,14H2,1H3,(H2,24,25,26,31). The van der Waals surface area contributed by atoms with Crippen molar-refractivity contribution in [3.63, 3.8) is 0 Å². The summed E-state index contributed by atoms with van der Waals surface area (Å²) in [4.78, 5) is 32.9. The molecule has 9 heteroatoms. The fourth-order valence-electron chi connectivity index (χ4n) is 4.39. The van der Waals surface area contributed by atoms with Crippen molar-refractivity contribution in [1.29, 1.82) is 0 Å². The van der Waals surface area contributed by atoms with E-state index in [0.717, 1.165) is 34.7 Å². The molecule has 8 nitrogen and oxygen atoms in total. The Morgan fingerprint density at radius 1 is 1.16 bits per heavy atom. The molecule has 0 saturated heterocycles. The summed E-state index contributed by atoms with van der Waals surface area (Å²) in [7, 11) is 1.80. The van der Waals surface area contributed by atoms with Crippen molar-refractivity contribution in [2.75, 3.05) is 11.9 Å². The molecule has 0 spiro atoms. The Kier molecular flexibility index (Phi) is 5.65. The van der Waals surface area contributed by atoms with E-state index in [1.54, 1.807) is 11.7 Å². The van der Waals surface area contributed by atoms with Crippen molar-refractivity contribution >= 4 is 28.4 Å². The maximum absolute atomic E-state index is 13.2. The Bertz CT molecular complexity index is 1130. The molecule has 2 N–H and O–H groups in total. The van der Waals surface area contributed by atoms with Gasteiger partial charge >= 0.3 is 6.03 Å². The predicted molar refractivity (Wildman–Crippen MR) is 124 cm³/mol. The molecule has 3 amide bonds. The molecular formula is C23H26N6O2S. The van der Waals surface area contributed by atoms with Crippen molar-refractivity contribution in [2.45, 2.75) is 44.7 Å². The van der Waals surface area contributed by atoms with Gasteiger partial charge in [0.15, 0.2) is 5.13 Å². The number of nitrogens with one attached hydrogen (secondary N) is 2. The molecular weight excluding hydrogens is 424 g/mol. The van der Waals surface area contributed by atoms with Gasteiger partial charge in [0.05, 0.1) is 17.9 Å². The normalized spacial score (nSPS) is 16.1. The first-order valence-corrected chi connectivity index (χ1v) is 11.8. The van der Waals surface area contributed by atoms with Crippen LogP contribution in [0.15, 0.2) is 36.4 Å². The first-order chi connectivity index (χ1) is 15.6. The van der Waals surface area contributed by atoms with Crippen molar-refractivity contribution in [3.05, 3.63) is 52.7 Å². The van der Waals surface area contributed by atoms with Crippen LogP contribution < -0.4 is 10.6 Å². The summed E-state index contributed by atoms with van der Waals surface area (Å²) in [5.41, 5.74) is 3.29. The van der Waals surface area contributed by atoms with Gasteiger partial charge in [0.25, 0.3) is 5.91 Å². The summed E-state index contributed by atoms with van der Waals surface area (Å²) in [5, 5.41) is 11.0. The number of urea groups is 1. The molecule has 2 aromatic heterocycles. The van der Waals surface area contributed by atoms with E-state index in [2.05, 4.69) is 20.7 Å². The van der Waals surface area contributed by atoms with E-state index in [0.29, 0.717) is 30.3 Å². The Labute approximate surface area is 190 Å². The minimum Gasteiger partial charge on any atom is -0.335 e. The zero-order chi connectivity index (χ0) is 22.1. The van der Waals surface area contributed by atoms with Gasteiger partial charge in [-0.05, 0) is 18.9 Å². The maximum Gasteiger partial charge on any atom is 0.321 e. The number of hydrogen-bond donors (Lipinski definition) is 2. The van der Waals surface area contributed by atoms with Crippen molar-refractivity contribution in [3.8, 4) is 11.3 Å². The van der Waals surface area contributed by atoms with Gasteiger partial charge in [-0.1, -0.05) is 54.5 Å². The number of anilines is 1. The van der Waals surface area contributed by atoms with Gasteiger partial charge in [0.2, 0.25) is 0 Å². The zero-order valence-corrected chi connectivity index (χ0v) is 18.8. The van der Waals surface area contributed by atoms with Crippen LogP contribution in [0.1, 0.15) is 46.7 Å². The van der Waals surface area contributed by atoms with Crippen molar-refractivity contribution in [2.24, 2.45) is 7.05 Å². The predicted octanol–water partition coefficient (Wildman–Crippen LogP) is 3.81. The fraction of sp³-hybridized carbons (Fsp3) is 0.391. The van der Waals surface area contributed by atoms with Gasteiger partial charge in [-0.25, -0.2) is 9.78 Å². The summed E-state index contributed by atoms with van der Waals surface area (Å²) < 4.78 is 1.65. The van der Waals surface area contributed by atoms with Crippen LogP contribution in [-0.2, 0) is 20.0 Å². The molecule has 0 radical (unpaired) electrons. The Morgan fingerprint density at radius 3 is 2.72 bits per heavy atom. The number of aryl methyl sites for hydroxylation is 1. The highest BCUT2D eigenvalue weighted by molar-refractivity contribution is 7.15. The molecule has 5 rings (SSSR count). The largest absolute Gasteiger partial charge is 0.335 e. The lowest BCUT2D eigenvalue weighted by Crippen LogP contribution is -2.36. The van der Waals surface area contributed by atoms with Crippen LogP contribution >= 0.6 is 11.3 Å². The lowest BCUT2D eigenvalue weighted by atomic mass is 10.1. The molecule has 0 unspecified atom stereocenters. The lowest BCUT2D eigenvalue weighted by Gasteiger charge is -2.25. The fourth-order valence-corrected chi connectivity index (χ4v) is 5.41. The number of aromatic nitrogens is 3. The Balaban J connectivity index is 1.26.